The Morgan fingerprint density at radius 2 is 2.05 bits per heavy atom. The van der Waals surface area contributed by atoms with E-state index in [9.17, 15) is 0 Å². The van der Waals surface area contributed by atoms with Crippen molar-refractivity contribution < 1.29 is 4.74 Å². The molecule has 112 valence electrons. The maximum absolute atomic E-state index is 6.17. The van der Waals surface area contributed by atoms with Crippen molar-refractivity contribution in [3.63, 3.8) is 0 Å². The van der Waals surface area contributed by atoms with Crippen LogP contribution >= 0.6 is 0 Å². The van der Waals surface area contributed by atoms with Crippen LogP contribution in [0.4, 0.5) is 0 Å². The van der Waals surface area contributed by atoms with Crippen molar-refractivity contribution in [3.8, 4) is 5.75 Å². The number of nitrogens with one attached hydrogen (secondary N) is 1. The number of piperidine rings is 1. The Morgan fingerprint density at radius 3 is 2.70 bits per heavy atom. The van der Waals surface area contributed by atoms with Crippen LogP contribution in [0, 0.1) is 0 Å². The molecule has 0 aliphatic carbocycles. The first-order valence-electron chi connectivity index (χ1n) is 7.47. The van der Waals surface area contributed by atoms with Crippen LogP contribution in [-0.2, 0) is 6.54 Å². The third kappa shape index (κ3) is 4.76. The van der Waals surface area contributed by atoms with Gasteiger partial charge >= 0.3 is 0 Å². The Balaban J connectivity index is 1.97. The summed E-state index contributed by atoms with van der Waals surface area (Å²) >= 11 is 0. The van der Waals surface area contributed by atoms with Gasteiger partial charge in [0.25, 0.3) is 0 Å². The predicted molar refractivity (Wildman–Crippen MR) is 82.0 cm³/mol. The van der Waals surface area contributed by atoms with Crippen LogP contribution in [0.5, 0.6) is 5.75 Å². The van der Waals surface area contributed by atoms with Gasteiger partial charge in [0.1, 0.15) is 11.9 Å². The van der Waals surface area contributed by atoms with Crippen LogP contribution in [0.15, 0.2) is 18.5 Å². The van der Waals surface area contributed by atoms with Gasteiger partial charge in [-0.1, -0.05) is 0 Å². The highest BCUT2D eigenvalue weighted by Crippen LogP contribution is 2.22. The molecule has 0 aromatic carbocycles. The first kappa shape index (κ1) is 15.3. The molecule has 1 aliphatic heterocycles. The van der Waals surface area contributed by atoms with Gasteiger partial charge in [-0.15, -0.1) is 0 Å². The number of pyridine rings is 1. The van der Waals surface area contributed by atoms with Gasteiger partial charge in [0.15, 0.2) is 0 Å². The molecule has 0 spiro atoms. The Labute approximate surface area is 122 Å². The molecule has 0 atom stereocenters. The molecule has 4 nitrogen and oxygen atoms in total. The summed E-state index contributed by atoms with van der Waals surface area (Å²) in [6.45, 7) is 9.55. The van der Waals surface area contributed by atoms with Crippen LogP contribution in [0.2, 0.25) is 0 Å². The molecule has 1 fully saturated rings. The summed E-state index contributed by atoms with van der Waals surface area (Å²) in [5.41, 5.74) is 1.29. The lowest BCUT2D eigenvalue weighted by molar-refractivity contribution is 0.112. The summed E-state index contributed by atoms with van der Waals surface area (Å²) in [6.07, 6.45) is 6.19. The molecule has 0 unspecified atom stereocenters. The zero-order valence-electron chi connectivity index (χ0n) is 13.1. The van der Waals surface area contributed by atoms with Gasteiger partial charge in [-0.05, 0) is 46.7 Å². The quantitative estimate of drug-likeness (QED) is 0.917. The normalized spacial score (nSPS) is 18.2. The Kier molecular flexibility index (Phi) is 5.00. The first-order chi connectivity index (χ1) is 9.44. The Bertz CT molecular complexity index is 420. The lowest BCUT2D eigenvalue weighted by Gasteiger charge is -2.30. The summed E-state index contributed by atoms with van der Waals surface area (Å²) in [5.74, 6) is 0.929. The van der Waals surface area contributed by atoms with Gasteiger partial charge in [-0.3, -0.25) is 4.98 Å². The molecule has 0 saturated carbocycles. The van der Waals surface area contributed by atoms with Gasteiger partial charge in [0.2, 0.25) is 0 Å². The van der Waals surface area contributed by atoms with Crippen molar-refractivity contribution in [1.29, 1.82) is 0 Å². The predicted octanol–water partition coefficient (Wildman–Crippen LogP) is 2.44. The van der Waals surface area contributed by atoms with Crippen LogP contribution in [-0.4, -0.2) is 41.7 Å². The summed E-state index contributed by atoms with van der Waals surface area (Å²) in [6, 6.07) is 2.04. The van der Waals surface area contributed by atoms with E-state index in [4.69, 9.17) is 4.74 Å². The summed E-state index contributed by atoms with van der Waals surface area (Å²) in [5, 5.41) is 3.51. The second-order valence-electron chi connectivity index (χ2n) is 6.71. The summed E-state index contributed by atoms with van der Waals surface area (Å²) in [4.78, 5) is 6.56. The molecular formula is C16H27N3O. The maximum atomic E-state index is 6.17. The number of aromatic nitrogens is 1. The molecule has 0 bridgehead atoms. The fourth-order valence-electron chi connectivity index (χ4n) is 2.30. The lowest BCUT2D eigenvalue weighted by Crippen LogP contribution is -2.37. The van der Waals surface area contributed by atoms with Crippen molar-refractivity contribution in [3.05, 3.63) is 24.0 Å². The molecule has 1 N–H and O–H groups in total. The van der Waals surface area contributed by atoms with E-state index in [0.717, 1.165) is 38.2 Å². The molecule has 20 heavy (non-hydrogen) atoms. The van der Waals surface area contributed by atoms with Gasteiger partial charge in [0, 0.05) is 36.9 Å². The summed E-state index contributed by atoms with van der Waals surface area (Å²) in [7, 11) is 2.17. The van der Waals surface area contributed by atoms with E-state index in [-0.39, 0.29) is 5.54 Å². The lowest BCUT2D eigenvalue weighted by atomic mass is 10.1. The SMILES string of the molecule is CN1CCC(Oc2cnccc2CNC(C)(C)C)CC1. The number of ether oxygens (including phenoxy) is 1. The van der Waals surface area contributed by atoms with Gasteiger partial charge in [0.05, 0.1) is 6.20 Å². The van der Waals surface area contributed by atoms with E-state index in [1.165, 1.54) is 5.56 Å². The molecule has 1 saturated heterocycles. The van der Waals surface area contributed by atoms with Gasteiger partial charge in [-0.25, -0.2) is 0 Å². The molecule has 0 radical (unpaired) electrons. The third-order valence-corrected chi connectivity index (χ3v) is 3.64. The highest BCUT2D eigenvalue weighted by atomic mass is 16.5. The van der Waals surface area contributed by atoms with Crippen molar-refractivity contribution in [2.45, 2.75) is 51.8 Å². The highest BCUT2D eigenvalue weighted by molar-refractivity contribution is 5.30. The molecule has 1 aromatic heterocycles. The Morgan fingerprint density at radius 1 is 1.35 bits per heavy atom. The van der Waals surface area contributed by atoms with Crippen LogP contribution in [0.3, 0.4) is 0 Å². The number of rotatable bonds is 4. The molecule has 2 heterocycles. The molecule has 2 rings (SSSR count). The average molecular weight is 277 g/mol. The topological polar surface area (TPSA) is 37.4 Å². The molecule has 1 aromatic rings. The van der Waals surface area contributed by atoms with Crippen molar-refractivity contribution in [1.82, 2.24) is 15.2 Å². The molecule has 4 heteroatoms. The number of nitrogens with zero attached hydrogens (tertiary/aromatic N) is 2. The molecular weight excluding hydrogens is 250 g/mol. The average Bonchev–Trinajstić information content (AvgIpc) is 2.39. The zero-order valence-corrected chi connectivity index (χ0v) is 13.1. The zero-order chi connectivity index (χ0) is 14.6. The second-order valence-corrected chi connectivity index (χ2v) is 6.71. The standard InChI is InChI=1S/C16H27N3O/c1-16(2,3)18-11-13-5-8-17-12-15(13)20-14-6-9-19(4)10-7-14/h5,8,12,14,18H,6-7,9-11H2,1-4H3. The van der Waals surface area contributed by atoms with E-state index in [1.54, 1.807) is 0 Å². The molecule has 0 amide bonds. The second kappa shape index (κ2) is 6.55. The smallest absolute Gasteiger partial charge is 0.142 e. The van der Waals surface area contributed by atoms with Crippen LogP contribution < -0.4 is 10.1 Å². The van der Waals surface area contributed by atoms with E-state index >= 15 is 0 Å². The van der Waals surface area contributed by atoms with E-state index in [0.29, 0.717) is 6.10 Å². The third-order valence-electron chi connectivity index (χ3n) is 3.64. The van der Waals surface area contributed by atoms with Crippen LogP contribution in [0.25, 0.3) is 0 Å². The fraction of sp³-hybridized carbons (Fsp3) is 0.688. The van der Waals surface area contributed by atoms with E-state index in [1.807, 2.05) is 18.5 Å². The maximum Gasteiger partial charge on any atom is 0.142 e. The largest absolute Gasteiger partial charge is 0.488 e. The number of hydrogen-bond acceptors (Lipinski definition) is 4. The minimum atomic E-state index is 0.105. The number of hydrogen-bond donors (Lipinski definition) is 1. The van der Waals surface area contributed by atoms with Gasteiger partial charge < -0.3 is 15.0 Å². The first-order valence-corrected chi connectivity index (χ1v) is 7.47. The van der Waals surface area contributed by atoms with E-state index in [2.05, 4.69) is 43.0 Å². The van der Waals surface area contributed by atoms with Crippen molar-refractivity contribution in [2.75, 3.05) is 20.1 Å². The van der Waals surface area contributed by atoms with Crippen molar-refractivity contribution in [2.24, 2.45) is 0 Å². The number of likely N-dealkylation sites (tertiary alicyclic amines) is 1. The minimum absolute atomic E-state index is 0.105. The summed E-state index contributed by atoms with van der Waals surface area (Å²) < 4.78 is 6.17. The molecule has 1 aliphatic rings. The van der Waals surface area contributed by atoms with Crippen molar-refractivity contribution >= 4 is 0 Å². The highest BCUT2D eigenvalue weighted by Gasteiger charge is 2.19. The fourth-order valence-corrected chi connectivity index (χ4v) is 2.30. The van der Waals surface area contributed by atoms with Gasteiger partial charge in [-0.2, -0.15) is 0 Å². The monoisotopic (exact) mass is 277 g/mol. The Hall–Kier alpha value is -1.13. The van der Waals surface area contributed by atoms with Crippen LogP contribution in [0.1, 0.15) is 39.2 Å². The minimum Gasteiger partial charge on any atom is -0.488 e. The van der Waals surface area contributed by atoms with E-state index < -0.39 is 0 Å².